The van der Waals surface area contributed by atoms with Gasteiger partial charge in [-0.25, -0.2) is 0 Å². The lowest BCUT2D eigenvalue weighted by atomic mass is 9.87. The van der Waals surface area contributed by atoms with Gasteiger partial charge < -0.3 is 41.0 Å². The van der Waals surface area contributed by atoms with E-state index in [-0.39, 0.29) is 51.0 Å². The molecule has 0 aromatic rings. The van der Waals surface area contributed by atoms with Crippen molar-refractivity contribution in [3.8, 4) is 0 Å². The van der Waals surface area contributed by atoms with Crippen LogP contribution in [0.25, 0.3) is 0 Å². The summed E-state index contributed by atoms with van der Waals surface area (Å²) in [6.45, 7) is 9.52. The average molecular weight is 639 g/mol. The molecule has 0 fully saturated rings. The topological polar surface area (TPSA) is 209 Å². The molecule has 0 radical (unpaired) electrons. The highest BCUT2D eigenvalue weighted by Gasteiger charge is 2.35. The van der Waals surface area contributed by atoms with Crippen molar-refractivity contribution >= 4 is 57.2 Å². The highest BCUT2D eigenvalue weighted by atomic mass is 33.1. The summed E-state index contributed by atoms with van der Waals surface area (Å²) in [5.74, 6) is -1.58. The second kappa shape index (κ2) is 20.4. The van der Waals surface area contributed by atoms with Crippen LogP contribution < -0.4 is 21.3 Å². The molecule has 0 aliphatic carbocycles. The number of carbonyl (C=O) groups excluding carboxylic acids is 6. The quantitative estimate of drug-likeness (QED) is 0.0535. The van der Waals surface area contributed by atoms with E-state index < -0.39 is 46.8 Å². The van der Waals surface area contributed by atoms with E-state index in [1.54, 1.807) is 27.7 Å². The Morgan fingerprint density at radius 2 is 0.952 bits per heavy atom. The molecule has 0 bridgehead atoms. The first kappa shape index (κ1) is 39.4. The number of aliphatic hydroxyl groups is 2. The van der Waals surface area contributed by atoms with Crippen LogP contribution >= 0.6 is 21.6 Å². The molecular formula is C26H46N4O10S2. The lowest BCUT2D eigenvalue weighted by Crippen LogP contribution is -2.46. The van der Waals surface area contributed by atoms with E-state index >= 15 is 0 Å². The van der Waals surface area contributed by atoms with Crippen LogP contribution in [0.3, 0.4) is 0 Å². The van der Waals surface area contributed by atoms with Crippen LogP contribution in [0.5, 0.6) is 0 Å². The summed E-state index contributed by atoms with van der Waals surface area (Å²) in [5.41, 5.74) is -1.96. The van der Waals surface area contributed by atoms with Gasteiger partial charge in [-0.2, -0.15) is 0 Å². The number of aliphatic hydroxyl groups excluding tert-OH is 2. The third-order valence-electron chi connectivity index (χ3n) is 5.67. The van der Waals surface area contributed by atoms with Crippen molar-refractivity contribution in [2.75, 3.05) is 50.9 Å². The van der Waals surface area contributed by atoms with Crippen molar-refractivity contribution in [2.24, 2.45) is 10.8 Å². The van der Waals surface area contributed by atoms with Gasteiger partial charge >= 0.3 is 11.9 Å². The molecule has 4 amide bonds. The lowest BCUT2D eigenvalue weighted by molar-refractivity contribution is -0.151. The van der Waals surface area contributed by atoms with Crippen molar-refractivity contribution < 1.29 is 48.5 Å². The maximum atomic E-state index is 12.1. The fraction of sp³-hybridized carbons (Fsp3) is 0.769. The van der Waals surface area contributed by atoms with E-state index in [2.05, 4.69) is 21.3 Å². The summed E-state index contributed by atoms with van der Waals surface area (Å²) < 4.78 is 9.74. The molecule has 0 saturated carbocycles. The van der Waals surface area contributed by atoms with Gasteiger partial charge in [0, 0.05) is 75.2 Å². The van der Waals surface area contributed by atoms with Gasteiger partial charge in [-0.15, -0.1) is 0 Å². The Kier molecular flexibility index (Phi) is 19.1. The minimum Gasteiger partial charge on any atom is -0.465 e. The highest BCUT2D eigenvalue weighted by Crippen LogP contribution is 2.22. The Bertz CT molecular complexity index is 846. The van der Waals surface area contributed by atoms with E-state index in [9.17, 15) is 39.0 Å². The minimum atomic E-state index is -1.41. The maximum Gasteiger partial charge on any atom is 0.302 e. The predicted molar refractivity (Wildman–Crippen MR) is 159 cm³/mol. The maximum absolute atomic E-state index is 12.1. The molecule has 16 heteroatoms. The van der Waals surface area contributed by atoms with E-state index in [0.29, 0.717) is 24.6 Å². The van der Waals surface area contributed by atoms with Gasteiger partial charge in [-0.1, -0.05) is 49.3 Å². The zero-order chi connectivity index (χ0) is 32.3. The molecule has 0 aromatic heterocycles. The van der Waals surface area contributed by atoms with Gasteiger partial charge in [0.05, 0.1) is 13.2 Å². The van der Waals surface area contributed by atoms with Crippen molar-refractivity contribution in [1.82, 2.24) is 21.3 Å². The van der Waals surface area contributed by atoms with Crippen molar-refractivity contribution in [2.45, 2.75) is 66.6 Å². The predicted octanol–water partition coefficient (Wildman–Crippen LogP) is -0.487. The van der Waals surface area contributed by atoms with Gasteiger partial charge in [0.25, 0.3) is 0 Å². The first-order valence-electron chi connectivity index (χ1n) is 13.5. The molecule has 2 atom stereocenters. The number of ether oxygens (including phenoxy) is 2. The van der Waals surface area contributed by atoms with Crippen molar-refractivity contribution in [1.29, 1.82) is 0 Å². The highest BCUT2D eigenvalue weighted by molar-refractivity contribution is 8.76. The molecule has 14 nitrogen and oxygen atoms in total. The zero-order valence-electron chi connectivity index (χ0n) is 25.2. The number of nitrogens with one attached hydrogen (secondary N) is 4. The van der Waals surface area contributed by atoms with E-state index in [0.717, 1.165) is 0 Å². The SMILES string of the molecule is CC(=O)OCC(C)(C)C(O)C(=O)NCCC(=O)NCCSSCCNC(=O)CCNC(=O)C(O)C(C)(C)COC(C)=O. The van der Waals surface area contributed by atoms with Gasteiger partial charge in [0.15, 0.2) is 0 Å². The number of carbonyl (C=O) groups is 6. The number of hydrogen-bond donors (Lipinski definition) is 6. The van der Waals surface area contributed by atoms with E-state index in [1.807, 2.05) is 0 Å². The summed E-state index contributed by atoms with van der Waals surface area (Å²) in [6.07, 6.45) is -2.73. The van der Waals surface area contributed by atoms with E-state index in [1.165, 1.54) is 35.4 Å². The third kappa shape index (κ3) is 18.1. The van der Waals surface area contributed by atoms with Crippen LogP contribution in [0.15, 0.2) is 0 Å². The van der Waals surface area contributed by atoms with Crippen LogP contribution in [-0.2, 0) is 38.2 Å². The second-order valence-electron chi connectivity index (χ2n) is 10.8. The van der Waals surface area contributed by atoms with Crippen LogP contribution in [0, 0.1) is 10.8 Å². The molecular weight excluding hydrogens is 592 g/mol. The third-order valence-corrected chi connectivity index (χ3v) is 8.08. The fourth-order valence-electron chi connectivity index (χ4n) is 2.99. The molecule has 242 valence electrons. The van der Waals surface area contributed by atoms with Crippen LogP contribution in [0.4, 0.5) is 0 Å². The number of esters is 2. The number of amides is 4. The summed E-state index contributed by atoms with van der Waals surface area (Å²) >= 11 is 0. The monoisotopic (exact) mass is 638 g/mol. The Morgan fingerprint density at radius 3 is 1.26 bits per heavy atom. The van der Waals surface area contributed by atoms with Gasteiger partial charge in [-0.05, 0) is 0 Å². The minimum absolute atomic E-state index is 0.0398. The summed E-state index contributed by atoms with van der Waals surface area (Å²) in [4.78, 5) is 70.0. The first-order valence-corrected chi connectivity index (χ1v) is 15.9. The second-order valence-corrected chi connectivity index (χ2v) is 13.5. The lowest BCUT2D eigenvalue weighted by Gasteiger charge is -2.28. The number of hydrogen-bond acceptors (Lipinski definition) is 12. The Balaban J connectivity index is 3.89. The molecule has 6 N–H and O–H groups in total. The van der Waals surface area contributed by atoms with Crippen molar-refractivity contribution in [3.05, 3.63) is 0 Å². The summed E-state index contributed by atoms with van der Waals surface area (Å²) in [6, 6.07) is 0. The molecule has 2 unspecified atom stereocenters. The Labute approximate surface area is 254 Å². The van der Waals surface area contributed by atoms with Crippen LogP contribution in [0.2, 0.25) is 0 Å². The normalized spacial score (nSPS) is 12.9. The summed E-state index contributed by atoms with van der Waals surface area (Å²) in [7, 11) is 3.04. The Hall–Kier alpha value is -2.56. The Morgan fingerprint density at radius 1 is 0.619 bits per heavy atom. The number of rotatable bonds is 21. The molecule has 0 aliphatic rings. The molecule has 0 aliphatic heterocycles. The van der Waals surface area contributed by atoms with Gasteiger partial charge in [0.2, 0.25) is 23.6 Å². The average Bonchev–Trinajstić information content (AvgIpc) is 2.91. The molecule has 0 aromatic carbocycles. The molecule has 42 heavy (non-hydrogen) atoms. The standard InChI is InChI=1S/C26H46N4O10S2/c1-17(31)39-15-25(3,4)21(35)23(37)29-9-7-19(33)27-11-13-41-42-14-12-28-20(34)8-10-30-24(38)22(36)26(5,6)16-40-18(2)32/h21-22,35-36H,7-16H2,1-6H3,(H,27,33)(H,28,34)(H,29,37)(H,30,38). The molecule has 0 heterocycles. The van der Waals surface area contributed by atoms with Gasteiger partial charge in [0.1, 0.15) is 12.2 Å². The molecule has 0 spiro atoms. The first-order chi connectivity index (χ1) is 19.5. The van der Waals surface area contributed by atoms with Crippen LogP contribution in [0.1, 0.15) is 54.4 Å². The molecule has 0 saturated heterocycles. The summed E-state index contributed by atoms with van der Waals surface area (Å²) in [5, 5.41) is 30.8. The largest absolute Gasteiger partial charge is 0.465 e. The zero-order valence-corrected chi connectivity index (χ0v) is 26.8. The van der Waals surface area contributed by atoms with E-state index in [4.69, 9.17) is 9.47 Å². The molecule has 0 rings (SSSR count). The van der Waals surface area contributed by atoms with Gasteiger partial charge in [-0.3, -0.25) is 28.8 Å². The van der Waals surface area contributed by atoms with Crippen LogP contribution in [-0.4, -0.2) is 109 Å². The van der Waals surface area contributed by atoms with Crippen molar-refractivity contribution in [3.63, 3.8) is 0 Å². The smallest absolute Gasteiger partial charge is 0.302 e. The fourth-order valence-corrected chi connectivity index (χ4v) is 4.81.